The Hall–Kier alpha value is -1.30. The van der Waals surface area contributed by atoms with Gasteiger partial charge in [-0.05, 0) is 37.5 Å². The van der Waals surface area contributed by atoms with E-state index < -0.39 is 5.97 Å². The molecule has 0 aromatic heterocycles. The van der Waals surface area contributed by atoms with Gasteiger partial charge in [0.1, 0.15) is 0 Å². The number of hydrogen-bond acceptors (Lipinski definition) is 3. The molecule has 2 amide bonds. The number of carboxylic acids is 1. The first-order valence-electron chi connectivity index (χ1n) is 7.52. The predicted octanol–water partition coefficient (Wildman–Crippen LogP) is 1.06. The van der Waals surface area contributed by atoms with Gasteiger partial charge in [-0.2, -0.15) is 0 Å². The monoisotopic (exact) mass is 282 g/mol. The Labute approximate surface area is 118 Å². The molecule has 6 nitrogen and oxygen atoms in total. The molecular formula is C14H22N2O4. The minimum Gasteiger partial charge on any atom is -0.481 e. The number of ether oxygens (including phenoxy) is 1. The zero-order valence-electron chi connectivity index (χ0n) is 11.6. The van der Waals surface area contributed by atoms with Gasteiger partial charge >= 0.3 is 12.0 Å². The number of amides is 2. The summed E-state index contributed by atoms with van der Waals surface area (Å²) in [5.74, 6) is -0.0614. The largest absolute Gasteiger partial charge is 0.481 e. The van der Waals surface area contributed by atoms with Crippen molar-refractivity contribution in [1.29, 1.82) is 0 Å². The molecule has 0 aromatic rings. The highest BCUT2D eigenvalue weighted by Crippen LogP contribution is 2.38. The molecule has 3 rings (SSSR count). The van der Waals surface area contributed by atoms with Crippen LogP contribution in [0.25, 0.3) is 0 Å². The number of hydrogen-bond donors (Lipinski definition) is 2. The fourth-order valence-electron chi connectivity index (χ4n) is 3.34. The first-order valence-corrected chi connectivity index (χ1v) is 7.52. The van der Waals surface area contributed by atoms with E-state index in [0.29, 0.717) is 19.0 Å². The molecule has 1 saturated carbocycles. The van der Waals surface area contributed by atoms with Crippen LogP contribution in [0.5, 0.6) is 0 Å². The molecule has 2 N–H and O–H groups in total. The maximum atomic E-state index is 12.2. The molecule has 6 heteroatoms. The quantitative estimate of drug-likeness (QED) is 0.808. The lowest BCUT2D eigenvalue weighted by atomic mass is 10.1. The fraction of sp³-hybridized carbons (Fsp3) is 0.857. The summed E-state index contributed by atoms with van der Waals surface area (Å²) in [4.78, 5) is 24.7. The Morgan fingerprint density at radius 1 is 1.25 bits per heavy atom. The number of nitrogens with one attached hydrogen (secondary N) is 1. The topological polar surface area (TPSA) is 78.9 Å². The lowest BCUT2D eigenvalue weighted by Gasteiger charge is -2.23. The second kappa shape index (κ2) is 5.60. The number of aliphatic carboxylic acids is 1. The first-order chi connectivity index (χ1) is 9.63. The summed E-state index contributed by atoms with van der Waals surface area (Å²) in [6.07, 6.45) is 4.44. The molecule has 3 aliphatic rings. The Morgan fingerprint density at radius 2 is 2.05 bits per heavy atom. The molecule has 1 aliphatic carbocycles. The first kappa shape index (κ1) is 13.7. The predicted molar refractivity (Wildman–Crippen MR) is 71.3 cm³/mol. The average molecular weight is 282 g/mol. The highest BCUT2D eigenvalue weighted by Gasteiger charge is 2.42. The molecule has 2 aliphatic heterocycles. The van der Waals surface area contributed by atoms with E-state index in [1.54, 1.807) is 4.90 Å². The van der Waals surface area contributed by atoms with Crippen molar-refractivity contribution in [3.05, 3.63) is 0 Å². The number of urea groups is 1. The molecule has 3 atom stereocenters. The van der Waals surface area contributed by atoms with Crippen molar-refractivity contribution in [1.82, 2.24) is 10.2 Å². The minimum atomic E-state index is -0.782. The third-order valence-electron chi connectivity index (χ3n) is 4.57. The van der Waals surface area contributed by atoms with Crippen LogP contribution in [0.4, 0.5) is 4.79 Å². The van der Waals surface area contributed by atoms with Gasteiger partial charge in [0.2, 0.25) is 0 Å². The van der Waals surface area contributed by atoms with Crippen LogP contribution in [-0.2, 0) is 9.53 Å². The summed E-state index contributed by atoms with van der Waals surface area (Å²) >= 11 is 0. The standard InChI is InChI=1S/C14H22N2O4/c17-12(18)7-9-3-5-16(8-9)14(19)15-11-4-6-20-13(11)10-1-2-10/h9-11,13H,1-8H2,(H,15,19)(H,17,18). The van der Waals surface area contributed by atoms with Crippen LogP contribution in [0.15, 0.2) is 0 Å². The van der Waals surface area contributed by atoms with Crippen LogP contribution in [0.2, 0.25) is 0 Å². The van der Waals surface area contributed by atoms with Crippen LogP contribution >= 0.6 is 0 Å². The Kier molecular flexibility index (Phi) is 3.83. The van der Waals surface area contributed by atoms with Crippen LogP contribution < -0.4 is 5.32 Å². The Bertz CT molecular complexity index is 397. The van der Waals surface area contributed by atoms with Gasteiger partial charge in [-0.15, -0.1) is 0 Å². The summed E-state index contributed by atoms with van der Waals surface area (Å²) < 4.78 is 5.72. The van der Waals surface area contributed by atoms with Gasteiger partial charge in [-0.25, -0.2) is 4.79 Å². The SMILES string of the molecule is O=C(O)CC1CCN(C(=O)NC2CCOC2C2CC2)C1. The van der Waals surface area contributed by atoms with Gasteiger partial charge in [-0.3, -0.25) is 4.79 Å². The summed E-state index contributed by atoms with van der Waals surface area (Å²) in [5, 5.41) is 11.9. The zero-order valence-corrected chi connectivity index (χ0v) is 11.6. The van der Waals surface area contributed by atoms with Gasteiger partial charge in [0, 0.05) is 26.1 Å². The molecule has 0 radical (unpaired) electrons. The molecule has 0 spiro atoms. The Balaban J connectivity index is 1.48. The molecule has 3 unspecified atom stereocenters. The second-order valence-corrected chi connectivity index (χ2v) is 6.22. The van der Waals surface area contributed by atoms with Crippen LogP contribution in [0, 0.1) is 11.8 Å². The summed E-state index contributed by atoms with van der Waals surface area (Å²) in [6, 6.07) is 0.0764. The maximum absolute atomic E-state index is 12.2. The van der Waals surface area contributed by atoms with Gasteiger partial charge in [-0.1, -0.05) is 0 Å². The number of carbonyl (C=O) groups excluding carboxylic acids is 1. The van der Waals surface area contributed by atoms with Crippen molar-refractivity contribution in [3.8, 4) is 0 Å². The van der Waals surface area contributed by atoms with Crippen molar-refractivity contribution in [2.75, 3.05) is 19.7 Å². The van der Waals surface area contributed by atoms with Gasteiger partial charge in [0.25, 0.3) is 0 Å². The van der Waals surface area contributed by atoms with E-state index in [1.165, 1.54) is 12.8 Å². The number of carboxylic acid groups (broad SMARTS) is 1. The van der Waals surface area contributed by atoms with Crippen molar-refractivity contribution in [2.45, 2.75) is 44.2 Å². The third-order valence-corrected chi connectivity index (χ3v) is 4.57. The van der Waals surface area contributed by atoms with Crippen molar-refractivity contribution < 1.29 is 19.4 Å². The molecule has 0 aromatic carbocycles. The molecule has 0 bridgehead atoms. The molecular weight excluding hydrogens is 260 g/mol. The van der Waals surface area contributed by atoms with E-state index in [9.17, 15) is 9.59 Å². The van der Waals surface area contributed by atoms with Crippen LogP contribution in [-0.4, -0.2) is 53.8 Å². The van der Waals surface area contributed by atoms with Gasteiger partial charge < -0.3 is 20.1 Å². The number of likely N-dealkylation sites (tertiary alicyclic amines) is 1. The summed E-state index contributed by atoms with van der Waals surface area (Å²) in [7, 11) is 0. The van der Waals surface area contributed by atoms with Crippen molar-refractivity contribution >= 4 is 12.0 Å². The highest BCUT2D eigenvalue weighted by atomic mass is 16.5. The summed E-state index contributed by atoms with van der Waals surface area (Å²) in [5.41, 5.74) is 0. The average Bonchev–Trinajstić information content (AvgIpc) is 2.95. The smallest absolute Gasteiger partial charge is 0.317 e. The van der Waals surface area contributed by atoms with Gasteiger partial charge in [0.15, 0.2) is 0 Å². The highest BCUT2D eigenvalue weighted by molar-refractivity contribution is 5.75. The lowest BCUT2D eigenvalue weighted by molar-refractivity contribution is -0.138. The molecule has 2 heterocycles. The lowest BCUT2D eigenvalue weighted by Crippen LogP contribution is -2.47. The van der Waals surface area contributed by atoms with Crippen molar-refractivity contribution in [3.63, 3.8) is 0 Å². The Morgan fingerprint density at radius 3 is 2.75 bits per heavy atom. The minimum absolute atomic E-state index is 0.0564. The molecule has 20 heavy (non-hydrogen) atoms. The number of rotatable bonds is 4. The van der Waals surface area contributed by atoms with E-state index in [-0.39, 0.29) is 30.5 Å². The van der Waals surface area contributed by atoms with Crippen molar-refractivity contribution in [2.24, 2.45) is 11.8 Å². The van der Waals surface area contributed by atoms with Crippen LogP contribution in [0.3, 0.4) is 0 Å². The van der Waals surface area contributed by atoms with E-state index in [2.05, 4.69) is 5.32 Å². The van der Waals surface area contributed by atoms with E-state index in [4.69, 9.17) is 9.84 Å². The summed E-state index contributed by atoms with van der Waals surface area (Å²) in [6.45, 7) is 1.94. The number of carbonyl (C=O) groups is 2. The maximum Gasteiger partial charge on any atom is 0.317 e. The molecule has 2 saturated heterocycles. The van der Waals surface area contributed by atoms with E-state index in [1.807, 2.05) is 0 Å². The van der Waals surface area contributed by atoms with Crippen LogP contribution in [0.1, 0.15) is 32.1 Å². The molecule has 3 fully saturated rings. The van der Waals surface area contributed by atoms with Gasteiger partial charge in [0.05, 0.1) is 12.1 Å². The van der Waals surface area contributed by atoms with E-state index >= 15 is 0 Å². The molecule has 112 valence electrons. The van der Waals surface area contributed by atoms with E-state index in [0.717, 1.165) is 19.4 Å². The second-order valence-electron chi connectivity index (χ2n) is 6.22. The fourth-order valence-corrected chi connectivity index (χ4v) is 3.34. The third kappa shape index (κ3) is 3.06. The number of nitrogens with zero attached hydrogens (tertiary/aromatic N) is 1. The zero-order chi connectivity index (χ0) is 14.1. The normalized spacial score (nSPS) is 33.4.